The van der Waals surface area contributed by atoms with Crippen molar-refractivity contribution in [1.29, 1.82) is 0 Å². The summed E-state index contributed by atoms with van der Waals surface area (Å²) >= 11 is 3.77. The quantitative estimate of drug-likeness (QED) is 0.269. The number of alkyl halides is 1. The summed E-state index contributed by atoms with van der Waals surface area (Å²) in [7, 11) is 0. The van der Waals surface area contributed by atoms with E-state index in [1.165, 1.54) is 0 Å². The van der Waals surface area contributed by atoms with Crippen LogP contribution in [0.2, 0.25) is 0 Å². The molecule has 0 aromatic heterocycles. The molecular weight excluding hydrogens is 610 g/mol. The van der Waals surface area contributed by atoms with Gasteiger partial charge in [0.1, 0.15) is 11.6 Å². The van der Waals surface area contributed by atoms with Crippen molar-refractivity contribution in [3.05, 3.63) is 67.8 Å². The van der Waals surface area contributed by atoms with Gasteiger partial charge in [-0.3, -0.25) is 14.4 Å². The molecule has 0 radical (unpaired) electrons. The summed E-state index contributed by atoms with van der Waals surface area (Å²) in [6.45, 7) is 14.4. The fourth-order valence-electron chi connectivity index (χ4n) is 7.48. The van der Waals surface area contributed by atoms with Gasteiger partial charge >= 0.3 is 0 Å². The highest BCUT2D eigenvalue weighted by molar-refractivity contribution is 9.09. The smallest absolute Gasteiger partial charge is 0.253 e. The summed E-state index contributed by atoms with van der Waals surface area (Å²) in [5.74, 6) is -2.51. The minimum atomic E-state index is -1.22. The highest BCUT2D eigenvalue weighted by Gasteiger charge is 2.77. The number of ether oxygens (including phenoxy) is 1. The summed E-state index contributed by atoms with van der Waals surface area (Å²) in [6.07, 6.45) is 3.96. The molecule has 3 unspecified atom stereocenters. The molecular formula is C34H42BrN3O5. The van der Waals surface area contributed by atoms with Crippen LogP contribution in [0.15, 0.2) is 67.8 Å². The molecule has 2 bridgehead atoms. The van der Waals surface area contributed by atoms with Crippen LogP contribution in [-0.2, 0) is 19.1 Å². The van der Waals surface area contributed by atoms with Crippen molar-refractivity contribution in [2.75, 3.05) is 31.1 Å². The highest BCUT2D eigenvalue weighted by Crippen LogP contribution is 2.61. The van der Waals surface area contributed by atoms with E-state index in [1.807, 2.05) is 63.2 Å². The first kappa shape index (κ1) is 31.4. The second-order valence-corrected chi connectivity index (χ2v) is 13.4. The van der Waals surface area contributed by atoms with Crippen LogP contribution >= 0.6 is 15.9 Å². The lowest BCUT2D eigenvalue weighted by Crippen LogP contribution is -2.60. The van der Waals surface area contributed by atoms with Gasteiger partial charge in [-0.15, -0.1) is 13.2 Å². The van der Waals surface area contributed by atoms with Gasteiger partial charge in [0.25, 0.3) is 5.91 Å². The van der Waals surface area contributed by atoms with Gasteiger partial charge in [0, 0.05) is 30.1 Å². The van der Waals surface area contributed by atoms with E-state index in [4.69, 9.17) is 4.74 Å². The van der Waals surface area contributed by atoms with E-state index in [1.54, 1.807) is 26.9 Å². The van der Waals surface area contributed by atoms with Crippen LogP contribution in [0.3, 0.4) is 0 Å². The molecule has 3 aliphatic heterocycles. The number of likely N-dealkylation sites (tertiary alicyclic amines) is 1. The topological polar surface area (TPSA) is 90.4 Å². The highest BCUT2D eigenvalue weighted by atomic mass is 79.9. The van der Waals surface area contributed by atoms with E-state index >= 15 is 0 Å². The van der Waals surface area contributed by atoms with Crippen molar-refractivity contribution in [3.8, 4) is 0 Å². The van der Waals surface area contributed by atoms with E-state index < -0.39 is 35.6 Å². The maximum Gasteiger partial charge on any atom is 0.253 e. The minimum absolute atomic E-state index is 0.142. The maximum atomic E-state index is 14.9. The Morgan fingerprint density at radius 1 is 1.14 bits per heavy atom. The number of benzene rings is 2. The fourth-order valence-corrected chi connectivity index (χ4v) is 8.42. The Hall–Kier alpha value is -3.01. The molecule has 3 amide bonds. The molecule has 2 aromatic carbocycles. The molecule has 2 aromatic rings. The zero-order valence-electron chi connectivity index (χ0n) is 25.2. The number of hydrogen-bond donors (Lipinski definition) is 1. The number of anilines is 1. The summed E-state index contributed by atoms with van der Waals surface area (Å²) in [6, 6.07) is 12.1. The van der Waals surface area contributed by atoms with Gasteiger partial charge in [0.15, 0.2) is 0 Å². The number of aliphatic hydroxyl groups is 1. The lowest BCUT2D eigenvalue weighted by Gasteiger charge is -2.40. The standard InChI is InChI=1S/C34H42BrN3O5/c1-6-15-36(16-7-2)31(40)27-28-32(41)38(26(20-39)21(4)5)30(34(28)19-25(35)29(27)43-34)33(42)37(17-8-3)24-14-13-22-11-9-10-12-23(22)18-24/h6,8-14,18,21,25-30,39H,1,3,7,15-17,19-20H2,2,4-5H3/t25?,26-,27-,28-,29-,30?,34?/m0/s1. The molecule has 7 atom stereocenters. The zero-order chi connectivity index (χ0) is 31.1. The molecule has 3 saturated heterocycles. The van der Waals surface area contributed by atoms with Gasteiger partial charge in [-0.1, -0.05) is 79.2 Å². The van der Waals surface area contributed by atoms with Crippen LogP contribution in [0.1, 0.15) is 33.6 Å². The van der Waals surface area contributed by atoms with Gasteiger partial charge < -0.3 is 24.5 Å². The van der Waals surface area contributed by atoms with Crippen molar-refractivity contribution in [2.45, 2.75) is 62.2 Å². The Morgan fingerprint density at radius 3 is 2.47 bits per heavy atom. The van der Waals surface area contributed by atoms with Crippen LogP contribution in [0, 0.1) is 17.8 Å². The van der Waals surface area contributed by atoms with E-state index in [0.717, 1.165) is 17.2 Å². The maximum absolute atomic E-state index is 14.9. The average Bonchev–Trinajstić information content (AvgIpc) is 3.58. The second kappa shape index (κ2) is 12.5. The second-order valence-electron chi connectivity index (χ2n) is 12.2. The number of fused-ring (bicyclic) bond motifs is 2. The first-order chi connectivity index (χ1) is 20.6. The number of nitrogens with zero attached hydrogens (tertiary/aromatic N) is 3. The van der Waals surface area contributed by atoms with Crippen molar-refractivity contribution >= 4 is 50.1 Å². The molecule has 1 spiro atoms. The van der Waals surface area contributed by atoms with E-state index in [2.05, 4.69) is 29.1 Å². The molecule has 5 rings (SSSR count). The van der Waals surface area contributed by atoms with Crippen molar-refractivity contribution in [2.24, 2.45) is 17.8 Å². The molecule has 8 nitrogen and oxygen atoms in total. The van der Waals surface area contributed by atoms with Crippen LogP contribution < -0.4 is 4.90 Å². The Kier molecular flexibility index (Phi) is 9.16. The Balaban J connectivity index is 1.63. The molecule has 3 aliphatic rings. The number of hydrogen-bond acceptors (Lipinski definition) is 5. The largest absolute Gasteiger partial charge is 0.394 e. The zero-order valence-corrected chi connectivity index (χ0v) is 26.8. The van der Waals surface area contributed by atoms with Crippen molar-refractivity contribution in [1.82, 2.24) is 9.80 Å². The summed E-state index contributed by atoms with van der Waals surface area (Å²) < 4.78 is 6.74. The lowest BCUT2D eigenvalue weighted by atomic mass is 9.70. The lowest BCUT2D eigenvalue weighted by molar-refractivity contribution is -0.148. The van der Waals surface area contributed by atoms with E-state index in [-0.39, 0.29) is 41.6 Å². The first-order valence-corrected chi connectivity index (χ1v) is 16.1. The van der Waals surface area contributed by atoms with Crippen LogP contribution in [-0.4, -0.2) is 87.5 Å². The van der Waals surface area contributed by atoms with Gasteiger partial charge in [0.05, 0.1) is 30.6 Å². The van der Waals surface area contributed by atoms with Crippen LogP contribution in [0.25, 0.3) is 10.8 Å². The Bertz CT molecular complexity index is 1410. The average molecular weight is 653 g/mol. The number of aliphatic hydroxyl groups excluding tert-OH is 1. The predicted octanol–water partition coefficient (Wildman–Crippen LogP) is 4.55. The number of halogens is 1. The number of carbonyl (C=O) groups excluding carboxylic acids is 3. The molecule has 9 heteroatoms. The first-order valence-electron chi connectivity index (χ1n) is 15.2. The van der Waals surface area contributed by atoms with E-state index in [0.29, 0.717) is 25.2 Å². The fraction of sp³-hybridized carbons (Fsp3) is 0.500. The van der Waals surface area contributed by atoms with Gasteiger partial charge in [0.2, 0.25) is 11.8 Å². The predicted molar refractivity (Wildman–Crippen MR) is 172 cm³/mol. The molecule has 1 N–H and O–H groups in total. The third-order valence-electron chi connectivity index (χ3n) is 9.34. The van der Waals surface area contributed by atoms with Gasteiger partial charge in [-0.05, 0) is 41.7 Å². The third kappa shape index (κ3) is 5.13. The molecule has 0 aliphatic carbocycles. The van der Waals surface area contributed by atoms with Crippen molar-refractivity contribution in [3.63, 3.8) is 0 Å². The Morgan fingerprint density at radius 2 is 1.84 bits per heavy atom. The SMILES string of the molecule is C=CCN(CCC)C(=O)[C@H]1[C@H]2C(=O)N([C@@H](CO)C(C)C)C(C(=O)N(CC=C)c3ccc4ccccc4c3)C23CC(Br)[C@@H]1O3. The molecule has 43 heavy (non-hydrogen) atoms. The molecule has 3 fully saturated rings. The number of carbonyl (C=O) groups is 3. The summed E-state index contributed by atoms with van der Waals surface area (Å²) in [5.41, 5.74) is -0.547. The van der Waals surface area contributed by atoms with Crippen molar-refractivity contribution < 1.29 is 24.2 Å². The van der Waals surface area contributed by atoms with Crippen LogP contribution in [0.4, 0.5) is 5.69 Å². The van der Waals surface area contributed by atoms with Gasteiger partial charge in [-0.25, -0.2) is 0 Å². The van der Waals surface area contributed by atoms with Gasteiger partial charge in [-0.2, -0.15) is 0 Å². The van der Waals surface area contributed by atoms with Crippen LogP contribution in [0.5, 0.6) is 0 Å². The Labute approximate surface area is 262 Å². The molecule has 0 saturated carbocycles. The molecule has 3 heterocycles. The summed E-state index contributed by atoms with van der Waals surface area (Å²) in [5, 5.41) is 12.6. The summed E-state index contributed by atoms with van der Waals surface area (Å²) in [4.78, 5) is 48.3. The monoisotopic (exact) mass is 651 g/mol. The van der Waals surface area contributed by atoms with E-state index in [9.17, 15) is 19.5 Å². The number of rotatable bonds is 12. The number of amides is 3. The molecule has 230 valence electrons. The third-order valence-corrected chi connectivity index (χ3v) is 10.2. The minimum Gasteiger partial charge on any atom is -0.394 e. The normalized spacial score (nSPS) is 28.3.